The van der Waals surface area contributed by atoms with Gasteiger partial charge in [-0.05, 0) is 59.7 Å². The molecule has 5 heteroatoms. The predicted molar refractivity (Wildman–Crippen MR) is 146 cm³/mol. The highest BCUT2D eigenvalue weighted by molar-refractivity contribution is 6.35. The lowest BCUT2D eigenvalue weighted by molar-refractivity contribution is -0.134. The molecule has 4 nitrogen and oxygen atoms in total. The molecule has 2 fully saturated rings. The van der Waals surface area contributed by atoms with Gasteiger partial charge in [-0.3, -0.25) is 14.4 Å². The first-order valence-electron chi connectivity index (χ1n) is 12.9. The zero-order valence-corrected chi connectivity index (χ0v) is 21.9. The number of nitrogens with zero attached hydrogens (tertiary/aromatic N) is 1. The van der Waals surface area contributed by atoms with E-state index in [0.29, 0.717) is 23.6 Å². The lowest BCUT2D eigenvalue weighted by Crippen LogP contribution is -2.41. The molecule has 4 atom stereocenters. The van der Waals surface area contributed by atoms with Crippen LogP contribution < -0.4 is 4.90 Å². The van der Waals surface area contributed by atoms with Crippen molar-refractivity contribution in [3.63, 3.8) is 0 Å². The van der Waals surface area contributed by atoms with Gasteiger partial charge in [-0.25, -0.2) is 4.90 Å². The van der Waals surface area contributed by atoms with E-state index in [9.17, 15) is 14.4 Å². The van der Waals surface area contributed by atoms with Crippen molar-refractivity contribution >= 4 is 46.0 Å². The number of fused-ring (bicyclic) bond motifs is 5. The number of allylic oxidation sites excluding steroid dienone is 2. The molecule has 37 heavy (non-hydrogen) atoms. The van der Waals surface area contributed by atoms with Gasteiger partial charge in [-0.2, -0.15) is 0 Å². The third-order valence-electron chi connectivity index (χ3n) is 8.97. The summed E-state index contributed by atoms with van der Waals surface area (Å²) in [6.45, 7) is 5.83. The Balaban J connectivity index is 1.66. The average Bonchev–Trinajstić information content (AvgIpc) is 3.42. The highest BCUT2D eigenvalue weighted by Crippen LogP contribution is 2.75. The summed E-state index contributed by atoms with van der Waals surface area (Å²) >= 11 is 6.41. The number of imide groups is 1. The van der Waals surface area contributed by atoms with Crippen LogP contribution in [0.15, 0.2) is 78.9 Å². The first-order valence-corrected chi connectivity index (χ1v) is 13.3. The maximum Gasteiger partial charge on any atom is 0.239 e. The fourth-order valence-electron chi connectivity index (χ4n) is 7.43. The number of amides is 2. The van der Waals surface area contributed by atoms with Crippen LogP contribution in [0.3, 0.4) is 0 Å². The molecular formula is C32H28ClNO3. The Morgan fingerprint density at radius 1 is 0.730 bits per heavy atom. The molecule has 3 aromatic carbocycles. The molecule has 2 bridgehead atoms. The van der Waals surface area contributed by atoms with Crippen molar-refractivity contribution in [2.24, 2.45) is 22.7 Å². The van der Waals surface area contributed by atoms with Crippen LogP contribution >= 0.6 is 11.6 Å². The second-order valence-electron chi connectivity index (χ2n) is 10.4. The molecule has 0 spiro atoms. The number of anilines is 1. The zero-order valence-electron chi connectivity index (χ0n) is 21.1. The van der Waals surface area contributed by atoms with Gasteiger partial charge < -0.3 is 0 Å². The number of Topliss-reactive ketones (excluding diaryl/α,β-unsaturated/α-hetero) is 1. The SMILES string of the molecule is CC[C@]12C(=O)[C@](CC)(C(c3ccccc3)=C1c1ccccc1)[C@@H]1C(=O)N(c3ccc(C)c(Cl)c3)C(=O)[C@H]12. The van der Waals surface area contributed by atoms with Gasteiger partial charge in [0.05, 0.1) is 28.4 Å². The van der Waals surface area contributed by atoms with Crippen LogP contribution in [-0.2, 0) is 14.4 Å². The Labute approximate surface area is 221 Å². The van der Waals surface area contributed by atoms with Gasteiger partial charge in [0.1, 0.15) is 0 Å². The standard InChI is InChI=1S/C32H28ClNO3/c1-4-31-24(20-12-8-6-9-13-20)25(21-14-10-7-11-15-21)32(5-2,30(31)37)27-26(31)28(35)34(29(27)36)22-17-16-19(3)23(33)18-22/h6-18,26-27H,4-5H2,1-3H3/t26-,27-,31-,32+/m0/s1. The van der Waals surface area contributed by atoms with Gasteiger partial charge in [0, 0.05) is 5.02 Å². The summed E-state index contributed by atoms with van der Waals surface area (Å²) in [5.41, 5.74) is 2.85. The molecule has 0 unspecified atom stereocenters. The highest BCUT2D eigenvalue weighted by atomic mass is 35.5. The van der Waals surface area contributed by atoms with Gasteiger partial charge in [-0.1, -0.05) is 92.2 Å². The normalized spacial score (nSPS) is 28.4. The lowest BCUT2D eigenvalue weighted by Gasteiger charge is -2.38. The van der Waals surface area contributed by atoms with E-state index in [1.165, 1.54) is 4.90 Å². The van der Waals surface area contributed by atoms with E-state index in [0.717, 1.165) is 27.8 Å². The molecular weight excluding hydrogens is 482 g/mol. The van der Waals surface area contributed by atoms with Gasteiger partial charge in [-0.15, -0.1) is 0 Å². The van der Waals surface area contributed by atoms with Crippen LogP contribution in [0.25, 0.3) is 11.1 Å². The Morgan fingerprint density at radius 2 is 1.19 bits per heavy atom. The second-order valence-corrected chi connectivity index (χ2v) is 10.8. The largest absolute Gasteiger partial charge is 0.298 e. The quantitative estimate of drug-likeness (QED) is 0.357. The van der Waals surface area contributed by atoms with Gasteiger partial charge >= 0.3 is 0 Å². The maximum atomic E-state index is 14.7. The minimum absolute atomic E-state index is 0.0148. The molecule has 186 valence electrons. The number of aryl methyl sites for hydroxylation is 1. The first kappa shape index (κ1) is 23.9. The number of halogens is 1. The minimum Gasteiger partial charge on any atom is -0.298 e. The number of carbonyl (C=O) groups is 3. The molecule has 3 aromatic rings. The first-order chi connectivity index (χ1) is 17.8. The van der Waals surface area contributed by atoms with Gasteiger partial charge in [0.25, 0.3) is 0 Å². The summed E-state index contributed by atoms with van der Waals surface area (Å²) in [6, 6.07) is 25.1. The smallest absolute Gasteiger partial charge is 0.239 e. The Kier molecular flexibility index (Phi) is 5.33. The van der Waals surface area contributed by atoms with E-state index in [-0.39, 0.29) is 17.6 Å². The van der Waals surface area contributed by atoms with E-state index < -0.39 is 22.7 Å². The third-order valence-corrected chi connectivity index (χ3v) is 9.38. The molecule has 0 N–H and O–H groups in total. The van der Waals surface area contributed by atoms with Gasteiger partial charge in [0.2, 0.25) is 11.8 Å². The van der Waals surface area contributed by atoms with Crippen LogP contribution in [0.2, 0.25) is 5.02 Å². The topological polar surface area (TPSA) is 54.5 Å². The summed E-state index contributed by atoms with van der Waals surface area (Å²) in [7, 11) is 0. The second kappa shape index (κ2) is 8.26. The van der Waals surface area contributed by atoms with E-state index >= 15 is 0 Å². The van der Waals surface area contributed by atoms with E-state index in [4.69, 9.17) is 11.6 Å². The summed E-state index contributed by atoms with van der Waals surface area (Å²) in [6.07, 6.45) is 0.883. The fourth-order valence-corrected chi connectivity index (χ4v) is 7.61. The van der Waals surface area contributed by atoms with Crippen molar-refractivity contribution in [1.82, 2.24) is 0 Å². The van der Waals surface area contributed by atoms with Crippen LogP contribution in [-0.4, -0.2) is 17.6 Å². The summed E-state index contributed by atoms with van der Waals surface area (Å²) in [5.74, 6) is -2.09. The molecule has 3 aliphatic rings. The number of ketones is 1. The average molecular weight is 510 g/mol. The number of benzene rings is 3. The van der Waals surface area contributed by atoms with Crippen LogP contribution in [0.4, 0.5) is 5.69 Å². The van der Waals surface area contributed by atoms with Crippen molar-refractivity contribution in [1.29, 1.82) is 0 Å². The number of hydrogen-bond acceptors (Lipinski definition) is 3. The third kappa shape index (κ3) is 2.82. The van der Waals surface area contributed by atoms with Crippen LogP contribution in [0, 0.1) is 29.6 Å². The van der Waals surface area contributed by atoms with Crippen LogP contribution in [0.5, 0.6) is 0 Å². The van der Waals surface area contributed by atoms with E-state index in [2.05, 4.69) is 0 Å². The maximum absolute atomic E-state index is 14.7. The predicted octanol–water partition coefficient (Wildman–Crippen LogP) is 6.75. The molecule has 1 saturated carbocycles. The summed E-state index contributed by atoms with van der Waals surface area (Å²) in [4.78, 5) is 44.5. The van der Waals surface area contributed by atoms with Crippen molar-refractivity contribution in [3.05, 3.63) is 101 Å². The zero-order chi connectivity index (χ0) is 26.1. The van der Waals surface area contributed by atoms with Crippen LogP contribution in [0.1, 0.15) is 43.4 Å². The van der Waals surface area contributed by atoms with E-state index in [1.807, 2.05) is 87.5 Å². The lowest BCUT2D eigenvalue weighted by atomic mass is 9.60. The molecule has 0 aromatic heterocycles. The molecule has 0 radical (unpaired) electrons. The Hall–Kier alpha value is -3.50. The molecule has 2 amide bonds. The number of hydrogen-bond donors (Lipinski definition) is 0. The number of carbonyl (C=O) groups excluding carboxylic acids is 3. The molecule has 2 aliphatic carbocycles. The van der Waals surface area contributed by atoms with Crippen molar-refractivity contribution < 1.29 is 14.4 Å². The monoisotopic (exact) mass is 509 g/mol. The number of rotatable bonds is 5. The Bertz CT molecular complexity index is 1410. The molecule has 1 heterocycles. The van der Waals surface area contributed by atoms with Crippen molar-refractivity contribution in [2.75, 3.05) is 4.90 Å². The van der Waals surface area contributed by atoms with Gasteiger partial charge in [0.15, 0.2) is 5.78 Å². The highest BCUT2D eigenvalue weighted by Gasteiger charge is 2.80. The molecule has 1 saturated heterocycles. The van der Waals surface area contributed by atoms with Crippen molar-refractivity contribution in [2.45, 2.75) is 33.6 Å². The molecule has 1 aliphatic heterocycles. The van der Waals surface area contributed by atoms with Crippen molar-refractivity contribution in [3.8, 4) is 0 Å². The minimum atomic E-state index is -1.08. The molecule has 6 rings (SSSR count). The van der Waals surface area contributed by atoms with E-state index in [1.54, 1.807) is 12.1 Å². The fraction of sp³-hybridized carbons (Fsp3) is 0.281. The summed E-state index contributed by atoms with van der Waals surface area (Å²) < 4.78 is 0. The Morgan fingerprint density at radius 3 is 1.59 bits per heavy atom. The summed E-state index contributed by atoms with van der Waals surface area (Å²) in [5, 5.41) is 0.498.